The Hall–Kier alpha value is -1.02. The predicted octanol–water partition coefficient (Wildman–Crippen LogP) is 3.94. The van der Waals surface area contributed by atoms with Gasteiger partial charge in [0.1, 0.15) is 11.9 Å². The van der Waals surface area contributed by atoms with E-state index in [0.29, 0.717) is 6.10 Å². The highest BCUT2D eigenvalue weighted by molar-refractivity contribution is 5.27. The number of hydrogen-bond donors (Lipinski definition) is 1. The summed E-state index contributed by atoms with van der Waals surface area (Å²) < 4.78 is 6.04. The summed E-state index contributed by atoms with van der Waals surface area (Å²) in [7, 11) is 0. The third-order valence-electron chi connectivity index (χ3n) is 3.71. The molecule has 106 valence electrons. The van der Waals surface area contributed by atoms with Crippen molar-refractivity contribution < 1.29 is 4.74 Å². The van der Waals surface area contributed by atoms with E-state index in [4.69, 9.17) is 4.74 Å². The van der Waals surface area contributed by atoms with Gasteiger partial charge in [-0.25, -0.2) is 0 Å². The summed E-state index contributed by atoms with van der Waals surface area (Å²) >= 11 is 0. The fourth-order valence-electron chi connectivity index (χ4n) is 2.16. The molecule has 19 heavy (non-hydrogen) atoms. The van der Waals surface area contributed by atoms with E-state index in [0.717, 1.165) is 24.8 Å². The first kappa shape index (κ1) is 14.4. The molecule has 0 saturated heterocycles. The maximum absolute atomic E-state index is 6.04. The van der Waals surface area contributed by atoms with Crippen LogP contribution in [0, 0.1) is 0 Å². The first-order valence-corrected chi connectivity index (χ1v) is 7.80. The molecule has 1 aromatic rings. The topological polar surface area (TPSA) is 21.3 Å². The van der Waals surface area contributed by atoms with Gasteiger partial charge in [0, 0.05) is 12.6 Å². The van der Waals surface area contributed by atoms with Crippen molar-refractivity contribution in [2.45, 2.75) is 64.5 Å². The van der Waals surface area contributed by atoms with E-state index >= 15 is 0 Å². The van der Waals surface area contributed by atoms with Crippen molar-refractivity contribution in [1.29, 1.82) is 0 Å². The molecule has 1 saturated carbocycles. The van der Waals surface area contributed by atoms with Gasteiger partial charge in [0.25, 0.3) is 0 Å². The Morgan fingerprint density at radius 3 is 2.53 bits per heavy atom. The molecule has 0 radical (unpaired) electrons. The van der Waals surface area contributed by atoms with E-state index in [-0.39, 0.29) is 0 Å². The summed E-state index contributed by atoms with van der Waals surface area (Å²) in [6, 6.07) is 9.39. The second-order valence-corrected chi connectivity index (χ2v) is 5.58. The minimum atomic E-state index is 0.294. The second-order valence-electron chi connectivity index (χ2n) is 5.58. The lowest BCUT2D eigenvalue weighted by Crippen LogP contribution is -2.32. The van der Waals surface area contributed by atoms with Crippen molar-refractivity contribution in [3.05, 3.63) is 29.8 Å². The number of nitrogens with one attached hydrogen (secondary N) is 1. The molecule has 0 amide bonds. The fourth-order valence-corrected chi connectivity index (χ4v) is 2.16. The largest absolute Gasteiger partial charge is 0.489 e. The molecule has 0 bridgehead atoms. The highest BCUT2D eigenvalue weighted by Crippen LogP contribution is 2.20. The zero-order valence-electron chi connectivity index (χ0n) is 12.3. The number of aryl methyl sites for hydroxylation is 1. The molecule has 1 aliphatic carbocycles. The van der Waals surface area contributed by atoms with Gasteiger partial charge in [0.05, 0.1) is 0 Å². The van der Waals surface area contributed by atoms with E-state index in [1.807, 2.05) is 0 Å². The lowest BCUT2D eigenvalue weighted by Gasteiger charge is -2.18. The van der Waals surface area contributed by atoms with E-state index < -0.39 is 0 Å². The highest BCUT2D eigenvalue weighted by atomic mass is 16.5. The average molecular weight is 261 g/mol. The van der Waals surface area contributed by atoms with Gasteiger partial charge in [-0.15, -0.1) is 0 Å². The SMILES string of the molecule is CCCCc1ccc(OC(CC)CNC2CC2)cc1. The molecule has 0 heterocycles. The van der Waals surface area contributed by atoms with E-state index in [1.165, 1.54) is 37.7 Å². The molecule has 1 unspecified atom stereocenters. The molecule has 0 spiro atoms. The Morgan fingerprint density at radius 1 is 1.21 bits per heavy atom. The van der Waals surface area contributed by atoms with Crippen molar-refractivity contribution in [1.82, 2.24) is 5.32 Å². The second kappa shape index (κ2) is 7.54. The summed E-state index contributed by atoms with van der Waals surface area (Å²) in [6.07, 6.45) is 7.72. The van der Waals surface area contributed by atoms with Gasteiger partial charge in [0.2, 0.25) is 0 Å². The van der Waals surface area contributed by atoms with Crippen LogP contribution in [0.1, 0.15) is 51.5 Å². The van der Waals surface area contributed by atoms with Crippen LogP contribution >= 0.6 is 0 Å². The minimum absolute atomic E-state index is 0.294. The molecular weight excluding hydrogens is 234 g/mol. The van der Waals surface area contributed by atoms with Crippen molar-refractivity contribution in [2.24, 2.45) is 0 Å². The summed E-state index contributed by atoms with van der Waals surface area (Å²) in [6.45, 7) is 5.39. The minimum Gasteiger partial charge on any atom is -0.489 e. The molecule has 2 nitrogen and oxygen atoms in total. The molecule has 0 aromatic heterocycles. The lowest BCUT2D eigenvalue weighted by atomic mass is 10.1. The molecule has 1 aromatic carbocycles. The fraction of sp³-hybridized carbons (Fsp3) is 0.647. The van der Waals surface area contributed by atoms with Crippen LogP contribution in [-0.2, 0) is 6.42 Å². The first-order valence-electron chi connectivity index (χ1n) is 7.80. The van der Waals surface area contributed by atoms with Crippen LogP contribution in [-0.4, -0.2) is 18.7 Å². The predicted molar refractivity (Wildman–Crippen MR) is 80.8 cm³/mol. The molecule has 1 atom stereocenters. The summed E-state index contributed by atoms with van der Waals surface area (Å²) in [5, 5.41) is 3.54. The third kappa shape index (κ3) is 5.23. The third-order valence-corrected chi connectivity index (χ3v) is 3.71. The number of benzene rings is 1. The molecule has 0 aliphatic heterocycles. The maximum Gasteiger partial charge on any atom is 0.119 e. The Balaban J connectivity index is 1.78. The number of rotatable bonds is 9. The van der Waals surface area contributed by atoms with Crippen molar-refractivity contribution in [3.63, 3.8) is 0 Å². The summed E-state index contributed by atoms with van der Waals surface area (Å²) in [4.78, 5) is 0. The standard InChI is InChI=1S/C17H27NO/c1-3-5-6-14-7-11-17(12-8-14)19-16(4-2)13-18-15-9-10-15/h7-8,11-12,15-16,18H,3-6,9-10,13H2,1-2H3. The number of unbranched alkanes of at least 4 members (excludes halogenated alkanes) is 1. The van der Waals surface area contributed by atoms with Crippen molar-refractivity contribution >= 4 is 0 Å². The zero-order valence-corrected chi connectivity index (χ0v) is 12.3. The van der Waals surface area contributed by atoms with Gasteiger partial charge in [-0.1, -0.05) is 32.4 Å². The Kier molecular flexibility index (Phi) is 5.71. The molecule has 1 fully saturated rings. The first-order chi connectivity index (χ1) is 9.31. The van der Waals surface area contributed by atoms with Gasteiger partial charge in [-0.05, 0) is 49.8 Å². The van der Waals surface area contributed by atoms with Crippen LogP contribution in [0.4, 0.5) is 0 Å². The van der Waals surface area contributed by atoms with E-state index in [9.17, 15) is 0 Å². The highest BCUT2D eigenvalue weighted by Gasteiger charge is 2.21. The lowest BCUT2D eigenvalue weighted by molar-refractivity contribution is 0.193. The zero-order chi connectivity index (χ0) is 13.5. The average Bonchev–Trinajstić information content (AvgIpc) is 3.26. The van der Waals surface area contributed by atoms with Crippen LogP contribution in [0.5, 0.6) is 5.75 Å². The molecule has 2 rings (SSSR count). The van der Waals surface area contributed by atoms with Crippen LogP contribution in [0.15, 0.2) is 24.3 Å². The van der Waals surface area contributed by atoms with Crippen LogP contribution in [0.3, 0.4) is 0 Å². The molecule has 1 N–H and O–H groups in total. The van der Waals surface area contributed by atoms with Gasteiger partial charge >= 0.3 is 0 Å². The molecular formula is C17H27NO. The van der Waals surface area contributed by atoms with Gasteiger partial charge < -0.3 is 10.1 Å². The van der Waals surface area contributed by atoms with Crippen molar-refractivity contribution in [3.8, 4) is 5.75 Å². The molecule has 1 aliphatic rings. The van der Waals surface area contributed by atoms with Crippen LogP contribution in [0.25, 0.3) is 0 Å². The van der Waals surface area contributed by atoms with Crippen LogP contribution < -0.4 is 10.1 Å². The van der Waals surface area contributed by atoms with E-state index in [2.05, 4.69) is 43.4 Å². The maximum atomic E-state index is 6.04. The summed E-state index contributed by atoms with van der Waals surface area (Å²) in [5.74, 6) is 1.00. The summed E-state index contributed by atoms with van der Waals surface area (Å²) in [5.41, 5.74) is 1.42. The van der Waals surface area contributed by atoms with Gasteiger partial charge in [-0.3, -0.25) is 0 Å². The Bertz CT molecular complexity index is 356. The number of ether oxygens (including phenoxy) is 1. The van der Waals surface area contributed by atoms with Gasteiger partial charge in [0.15, 0.2) is 0 Å². The monoisotopic (exact) mass is 261 g/mol. The Labute approximate surface area is 117 Å². The molecule has 2 heteroatoms. The normalized spacial score (nSPS) is 16.3. The van der Waals surface area contributed by atoms with E-state index in [1.54, 1.807) is 0 Å². The van der Waals surface area contributed by atoms with Gasteiger partial charge in [-0.2, -0.15) is 0 Å². The quantitative estimate of drug-likeness (QED) is 0.727. The van der Waals surface area contributed by atoms with Crippen LogP contribution in [0.2, 0.25) is 0 Å². The van der Waals surface area contributed by atoms with Crippen molar-refractivity contribution in [2.75, 3.05) is 6.54 Å². The smallest absolute Gasteiger partial charge is 0.119 e. The Morgan fingerprint density at radius 2 is 1.95 bits per heavy atom. The number of hydrogen-bond acceptors (Lipinski definition) is 2.